The lowest BCUT2D eigenvalue weighted by Crippen LogP contribution is -2.46. The minimum absolute atomic E-state index is 0.0444. The molecular formula is C25H22F2N4O6. The molecular weight excluding hydrogens is 490 g/mol. The molecule has 0 spiro atoms. The molecule has 1 aliphatic heterocycles. The van der Waals surface area contributed by atoms with Crippen LogP contribution < -0.4 is 5.32 Å². The first-order chi connectivity index (χ1) is 17.7. The van der Waals surface area contributed by atoms with E-state index in [1.807, 2.05) is 13.0 Å². The number of aryl methyl sites for hydroxylation is 1. The number of anilines is 1. The number of imidazole rings is 1. The highest BCUT2D eigenvalue weighted by molar-refractivity contribution is 6.07. The van der Waals surface area contributed by atoms with Crippen LogP contribution in [0.3, 0.4) is 0 Å². The van der Waals surface area contributed by atoms with E-state index >= 15 is 8.78 Å². The monoisotopic (exact) mass is 512 g/mol. The van der Waals surface area contributed by atoms with Gasteiger partial charge in [0.2, 0.25) is 0 Å². The molecule has 10 nitrogen and oxygen atoms in total. The number of ether oxygens (including phenoxy) is 2. The number of rotatable bonds is 4. The smallest absolute Gasteiger partial charge is 0.409 e. The van der Waals surface area contributed by atoms with Crippen molar-refractivity contribution in [3.63, 3.8) is 0 Å². The number of carboxylic acid groups (broad SMARTS) is 1. The van der Waals surface area contributed by atoms with Gasteiger partial charge in [-0.3, -0.25) is 4.79 Å². The van der Waals surface area contributed by atoms with Crippen molar-refractivity contribution in [3.05, 3.63) is 53.4 Å². The highest BCUT2D eigenvalue weighted by Gasteiger charge is 2.29. The third-order valence-electron chi connectivity index (χ3n) is 5.69. The van der Waals surface area contributed by atoms with Gasteiger partial charge in [0.15, 0.2) is 0 Å². The number of hydrogen-bond donors (Lipinski definition) is 2. The van der Waals surface area contributed by atoms with Crippen molar-refractivity contribution >= 4 is 29.3 Å². The Balaban J connectivity index is 1.72. The molecule has 192 valence electrons. The van der Waals surface area contributed by atoms with E-state index in [-0.39, 0.29) is 31.0 Å². The van der Waals surface area contributed by atoms with Crippen LogP contribution in [0.2, 0.25) is 0 Å². The molecule has 3 heterocycles. The summed E-state index contributed by atoms with van der Waals surface area (Å²) >= 11 is 0. The number of carbonyl (C=O) groups is 3. The predicted octanol–water partition coefficient (Wildman–Crippen LogP) is 2.62. The summed E-state index contributed by atoms with van der Waals surface area (Å²) in [5, 5.41) is 10.7. The van der Waals surface area contributed by atoms with Crippen LogP contribution in [-0.2, 0) is 25.5 Å². The molecule has 0 unspecified atom stereocenters. The molecule has 2 amide bonds. The second kappa shape index (κ2) is 10.6. The SMILES string of the molecule is COC(=O)N1CCO[C@@H](Cc2c(-c3c(F)cc(NC(=O)C#CC(=O)O)cc3F)nc3cc(C)ccn23)C1. The fraction of sp³-hybridized carbons (Fsp3) is 0.280. The highest BCUT2D eigenvalue weighted by Crippen LogP contribution is 2.33. The zero-order chi connectivity index (χ0) is 26.7. The standard InChI is InChI=1S/C25H22F2N4O6/c1-14-5-6-31-19(12-16-13-30(7-8-37-16)25(35)36-2)24(29-20(31)9-14)23-17(26)10-15(11-18(23)27)28-21(32)3-4-22(33)34/h5-6,9-11,16H,7-8,12-13H2,1-2H3,(H,28,32)(H,33,34)/t16-/m0/s1. The van der Waals surface area contributed by atoms with E-state index in [4.69, 9.17) is 14.6 Å². The summed E-state index contributed by atoms with van der Waals surface area (Å²) in [5.74, 6) is -1.13. The summed E-state index contributed by atoms with van der Waals surface area (Å²) < 4.78 is 42.9. The van der Waals surface area contributed by atoms with Gasteiger partial charge in [-0.2, -0.15) is 0 Å². The topological polar surface area (TPSA) is 122 Å². The summed E-state index contributed by atoms with van der Waals surface area (Å²) in [6.45, 7) is 2.71. The molecule has 0 bridgehead atoms. The molecule has 0 aliphatic carbocycles. The average molecular weight is 512 g/mol. The summed E-state index contributed by atoms with van der Waals surface area (Å²) in [6.07, 6.45) is 0.952. The van der Waals surface area contributed by atoms with Gasteiger partial charge < -0.3 is 29.2 Å². The van der Waals surface area contributed by atoms with Crippen molar-refractivity contribution in [1.29, 1.82) is 0 Å². The first-order valence-electron chi connectivity index (χ1n) is 11.1. The van der Waals surface area contributed by atoms with Crippen LogP contribution in [0.4, 0.5) is 19.3 Å². The van der Waals surface area contributed by atoms with Gasteiger partial charge in [0.05, 0.1) is 43.3 Å². The van der Waals surface area contributed by atoms with E-state index in [0.29, 0.717) is 17.9 Å². The van der Waals surface area contributed by atoms with Crippen molar-refractivity contribution in [2.45, 2.75) is 19.4 Å². The number of carboxylic acids is 1. The Kier molecular flexibility index (Phi) is 7.35. The average Bonchev–Trinajstić information content (AvgIpc) is 3.18. The number of halogens is 2. The van der Waals surface area contributed by atoms with Gasteiger partial charge in [-0.25, -0.2) is 23.4 Å². The number of aromatic nitrogens is 2. The van der Waals surface area contributed by atoms with Crippen molar-refractivity contribution in [3.8, 4) is 23.1 Å². The second-order valence-electron chi connectivity index (χ2n) is 8.28. The maximum Gasteiger partial charge on any atom is 0.409 e. The van der Waals surface area contributed by atoms with Crippen molar-refractivity contribution < 1.29 is 37.7 Å². The Morgan fingerprint density at radius 1 is 1.24 bits per heavy atom. The summed E-state index contributed by atoms with van der Waals surface area (Å²) in [7, 11) is 1.29. The van der Waals surface area contributed by atoms with E-state index in [0.717, 1.165) is 17.7 Å². The van der Waals surface area contributed by atoms with Crippen LogP contribution in [-0.4, -0.2) is 70.3 Å². The first kappa shape index (κ1) is 25.6. The van der Waals surface area contributed by atoms with Gasteiger partial charge in [-0.15, -0.1) is 0 Å². The lowest BCUT2D eigenvalue weighted by atomic mass is 10.0. The van der Waals surface area contributed by atoms with Gasteiger partial charge in [-0.1, -0.05) is 0 Å². The van der Waals surface area contributed by atoms with Crippen molar-refractivity contribution in [2.24, 2.45) is 0 Å². The Morgan fingerprint density at radius 2 is 1.97 bits per heavy atom. The number of amides is 2. The van der Waals surface area contributed by atoms with Gasteiger partial charge in [-0.05, 0) is 36.8 Å². The number of carbonyl (C=O) groups excluding carboxylic acids is 2. The zero-order valence-electron chi connectivity index (χ0n) is 19.9. The van der Waals surface area contributed by atoms with Crippen molar-refractivity contribution in [1.82, 2.24) is 14.3 Å². The minimum atomic E-state index is -1.52. The summed E-state index contributed by atoms with van der Waals surface area (Å²) in [5.41, 5.74) is 1.21. The molecule has 3 aromatic rings. The Labute approximate surface area is 209 Å². The number of pyridine rings is 1. The maximum atomic E-state index is 15.3. The van der Waals surface area contributed by atoms with Crippen LogP contribution in [0.25, 0.3) is 16.9 Å². The number of morpholine rings is 1. The van der Waals surface area contributed by atoms with Gasteiger partial charge in [0, 0.05) is 36.7 Å². The van der Waals surface area contributed by atoms with Gasteiger partial charge in [0.1, 0.15) is 17.3 Å². The number of nitrogens with zero attached hydrogens (tertiary/aromatic N) is 3. The third-order valence-corrected chi connectivity index (χ3v) is 5.69. The van der Waals surface area contributed by atoms with Crippen LogP contribution in [0.15, 0.2) is 30.5 Å². The largest absolute Gasteiger partial charge is 0.472 e. The van der Waals surface area contributed by atoms with E-state index in [1.54, 1.807) is 28.5 Å². The van der Waals surface area contributed by atoms with E-state index < -0.39 is 41.3 Å². The number of benzene rings is 1. The fourth-order valence-electron chi connectivity index (χ4n) is 4.09. The molecule has 0 saturated carbocycles. The Morgan fingerprint density at radius 3 is 2.65 bits per heavy atom. The maximum absolute atomic E-state index is 15.3. The van der Waals surface area contributed by atoms with E-state index in [2.05, 4.69) is 10.3 Å². The lowest BCUT2D eigenvalue weighted by Gasteiger charge is -2.32. The van der Waals surface area contributed by atoms with Crippen molar-refractivity contribution in [2.75, 3.05) is 32.1 Å². The molecule has 2 N–H and O–H groups in total. The fourth-order valence-corrected chi connectivity index (χ4v) is 4.09. The van der Waals surface area contributed by atoms with Crippen LogP contribution in [0.5, 0.6) is 0 Å². The van der Waals surface area contributed by atoms with Crippen LogP contribution >= 0.6 is 0 Å². The number of fused-ring (bicyclic) bond motifs is 1. The third kappa shape index (κ3) is 5.68. The quantitative estimate of drug-likeness (QED) is 0.516. The molecule has 1 saturated heterocycles. The Hall–Kier alpha value is -4.50. The number of aliphatic carboxylic acids is 1. The molecule has 2 aromatic heterocycles. The van der Waals surface area contributed by atoms with Gasteiger partial charge in [0.25, 0.3) is 0 Å². The lowest BCUT2D eigenvalue weighted by molar-refractivity contribution is -0.130. The molecule has 1 aromatic carbocycles. The molecule has 4 rings (SSSR count). The molecule has 1 atom stereocenters. The van der Waals surface area contributed by atoms with Gasteiger partial charge >= 0.3 is 18.0 Å². The predicted molar refractivity (Wildman–Crippen MR) is 127 cm³/mol. The second-order valence-corrected chi connectivity index (χ2v) is 8.28. The number of hydrogen-bond acceptors (Lipinski definition) is 6. The van der Waals surface area contributed by atoms with E-state index in [9.17, 15) is 14.4 Å². The molecule has 1 aliphatic rings. The first-order valence-corrected chi connectivity index (χ1v) is 11.1. The highest BCUT2D eigenvalue weighted by atomic mass is 19.1. The molecule has 37 heavy (non-hydrogen) atoms. The Bertz CT molecular complexity index is 1440. The molecule has 12 heteroatoms. The normalized spacial score (nSPS) is 15.1. The molecule has 1 fully saturated rings. The van der Waals surface area contributed by atoms with E-state index in [1.165, 1.54) is 12.0 Å². The number of methoxy groups -OCH3 is 1. The summed E-state index contributed by atoms with van der Waals surface area (Å²) in [6, 6.07) is 5.39. The van der Waals surface area contributed by atoms with Crippen LogP contribution in [0, 0.1) is 30.4 Å². The zero-order valence-corrected chi connectivity index (χ0v) is 19.9. The number of nitrogens with one attached hydrogen (secondary N) is 1. The molecule has 0 radical (unpaired) electrons. The summed E-state index contributed by atoms with van der Waals surface area (Å²) in [4.78, 5) is 40.2. The van der Waals surface area contributed by atoms with Crippen LogP contribution in [0.1, 0.15) is 11.3 Å². The minimum Gasteiger partial charge on any atom is -0.472 e.